The van der Waals surface area contributed by atoms with Crippen molar-refractivity contribution in [3.63, 3.8) is 0 Å². The average Bonchev–Trinajstić information content (AvgIpc) is 3.16. The summed E-state index contributed by atoms with van der Waals surface area (Å²) in [6.45, 7) is 5.06. The zero-order valence-electron chi connectivity index (χ0n) is 20.7. The minimum atomic E-state index is -4.01. The van der Waals surface area contributed by atoms with E-state index in [1.54, 1.807) is 59.2 Å². The molecule has 7 nitrogen and oxygen atoms in total. The zero-order valence-corrected chi connectivity index (χ0v) is 21.5. The Morgan fingerprint density at radius 2 is 1.68 bits per heavy atom. The first-order chi connectivity index (χ1) is 17.7. The fourth-order valence-electron chi connectivity index (χ4n) is 4.08. The predicted octanol–water partition coefficient (Wildman–Crippen LogP) is 4.89. The number of carbonyl (C=O) groups excluding carboxylic acids is 1. The first-order valence-electron chi connectivity index (χ1n) is 11.6. The van der Waals surface area contributed by atoms with Crippen LogP contribution >= 0.6 is 0 Å². The molecule has 1 heterocycles. The van der Waals surface area contributed by atoms with Crippen LogP contribution in [-0.2, 0) is 14.8 Å². The maximum atomic E-state index is 14.3. The minimum absolute atomic E-state index is 0.0772. The third kappa shape index (κ3) is 5.62. The van der Waals surface area contributed by atoms with E-state index in [1.807, 2.05) is 32.9 Å². The third-order valence-corrected chi connectivity index (χ3v) is 7.65. The number of para-hydroxylation sites is 1. The van der Waals surface area contributed by atoms with Crippen molar-refractivity contribution in [2.45, 2.75) is 25.7 Å². The number of aryl methyl sites for hydroxylation is 2. The lowest BCUT2D eigenvalue weighted by molar-refractivity contribution is -0.119. The number of rotatable bonds is 8. The number of hydrogen-bond donors (Lipinski definition) is 1. The number of nitrogens with one attached hydrogen (secondary N) is 1. The number of anilines is 1. The molecule has 4 aromatic rings. The van der Waals surface area contributed by atoms with Crippen LogP contribution < -0.4 is 9.73 Å². The Bertz CT molecular complexity index is 1560. The molecule has 0 aliphatic heterocycles. The highest BCUT2D eigenvalue weighted by Gasteiger charge is 2.27. The third-order valence-electron chi connectivity index (χ3n) is 5.86. The summed E-state index contributed by atoms with van der Waals surface area (Å²) in [7, 11) is -4.01. The van der Waals surface area contributed by atoms with Crippen molar-refractivity contribution in [1.82, 2.24) is 9.99 Å². The van der Waals surface area contributed by atoms with Crippen molar-refractivity contribution < 1.29 is 17.6 Å². The maximum Gasteiger partial charge on any atom is 0.264 e. The molecule has 4 rings (SSSR count). The smallest absolute Gasteiger partial charge is 0.264 e. The van der Waals surface area contributed by atoms with Gasteiger partial charge in [-0.25, -0.2) is 18.2 Å². The second kappa shape index (κ2) is 10.8. The van der Waals surface area contributed by atoms with E-state index in [9.17, 15) is 17.6 Å². The van der Waals surface area contributed by atoms with Crippen LogP contribution in [0, 0.1) is 26.6 Å². The van der Waals surface area contributed by atoms with Gasteiger partial charge in [0.1, 0.15) is 12.4 Å². The number of benzene rings is 3. The monoisotopic (exact) mass is 518 g/mol. The van der Waals surface area contributed by atoms with Gasteiger partial charge in [-0.1, -0.05) is 42.5 Å². The van der Waals surface area contributed by atoms with Crippen molar-refractivity contribution in [3.8, 4) is 5.69 Å². The molecule has 0 spiro atoms. The average molecular weight is 519 g/mol. The van der Waals surface area contributed by atoms with Crippen LogP contribution in [0.1, 0.15) is 22.5 Å². The number of sulfonamides is 1. The summed E-state index contributed by atoms with van der Waals surface area (Å²) >= 11 is 0. The summed E-state index contributed by atoms with van der Waals surface area (Å²) in [5, 5.41) is 4.04. The Morgan fingerprint density at radius 1 is 0.973 bits per heavy atom. The van der Waals surface area contributed by atoms with Crippen molar-refractivity contribution in [1.29, 1.82) is 0 Å². The normalized spacial score (nSPS) is 11.6. The number of halogens is 1. The summed E-state index contributed by atoms with van der Waals surface area (Å²) in [4.78, 5) is 12.9. The molecule has 0 unspecified atom stereocenters. The molecule has 3 aromatic carbocycles. The number of carbonyl (C=O) groups is 1. The van der Waals surface area contributed by atoms with Gasteiger partial charge >= 0.3 is 0 Å². The fourth-order valence-corrected chi connectivity index (χ4v) is 5.51. The summed E-state index contributed by atoms with van der Waals surface area (Å²) in [6, 6.07) is 23.2. The summed E-state index contributed by atoms with van der Waals surface area (Å²) in [5.41, 5.74) is 6.30. The minimum Gasteiger partial charge on any atom is -0.315 e. The van der Waals surface area contributed by atoms with Crippen LogP contribution in [0.15, 0.2) is 94.9 Å². The molecule has 0 aliphatic carbocycles. The summed E-state index contributed by atoms with van der Waals surface area (Å²) in [6.07, 6.45) is 1.46. The molecule has 0 fully saturated rings. The van der Waals surface area contributed by atoms with Gasteiger partial charge < -0.3 is 4.57 Å². The van der Waals surface area contributed by atoms with E-state index in [2.05, 4.69) is 10.5 Å². The van der Waals surface area contributed by atoms with Gasteiger partial charge in [-0.3, -0.25) is 9.10 Å². The van der Waals surface area contributed by atoms with Gasteiger partial charge in [0.2, 0.25) is 0 Å². The highest BCUT2D eigenvalue weighted by molar-refractivity contribution is 7.92. The molecule has 1 aromatic heterocycles. The van der Waals surface area contributed by atoms with E-state index in [4.69, 9.17) is 0 Å². The van der Waals surface area contributed by atoms with Crippen LogP contribution in [0.25, 0.3) is 5.69 Å². The van der Waals surface area contributed by atoms with Gasteiger partial charge in [-0.05, 0) is 68.8 Å². The number of aromatic nitrogens is 1. The molecule has 190 valence electrons. The van der Waals surface area contributed by atoms with Crippen molar-refractivity contribution in [2.24, 2.45) is 5.10 Å². The van der Waals surface area contributed by atoms with Crippen molar-refractivity contribution in [2.75, 3.05) is 10.8 Å². The van der Waals surface area contributed by atoms with Gasteiger partial charge in [0, 0.05) is 17.0 Å². The molecule has 0 saturated heterocycles. The molecule has 9 heteroatoms. The van der Waals surface area contributed by atoms with Crippen LogP contribution in [0.5, 0.6) is 0 Å². The van der Waals surface area contributed by atoms with E-state index < -0.39 is 22.5 Å². The number of hydrazone groups is 1. The molecule has 0 radical (unpaired) electrons. The lowest BCUT2D eigenvalue weighted by Gasteiger charge is -2.24. The van der Waals surface area contributed by atoms with Crippen LogP contribution in [0.4, 0.5) is 10.1 Å². The SMILES string of the molecule is Cc1cccc(N(CC(=O)N/N=C\c2cc(C)n(-c3ccccc3F)c2C)S(=O)(=O)c2ccccc2)c1. The molecule has 0 bridgehead atoms. The van der Waals surface area contributed by atoms with E-state index in [-0.39, 0.29) is 10.7 Å². The summed E-state index contributed by atoms with van der Waals surface area (Å²) < 4.78 is 44.0. The van der Waals surface area contributed by atoms with Crippen molar-refractivity contribution >= 4 is 27.8 Å². The fraction of sp³-hybridized carbons (Fsp3) is 0.143. The molecule has 37 heavy (non-hydrogen) atoms. The Morgan fingerprint density at radius 3 is 2.38 bits per heavy atom. The topological polar surface area (TPSA) is 83.8 Å². The first-order valence-corrected chi connectivity index (χ1v) is 13.0. The second-order valence-electron chi connectivity index (χ2n) is 8.57. The maximum absolute atomic E-state index is 14.3. The Balaban J connectivity index is 1.55. The van der Waals surface area contributed by atoms with E-state index in [0.29, 0.717) is 16.9 Å². The predicted molar refractivity (Wildman–Crippen MR) is 143 cm³/mol. The number of amides is 1. The molecular weight excluding hydrogens is 491 g/mol. The Kier molecular flexibility index (Phi) is 7.54. The quantitative estimate of drug-likeness (QED) is 0.266. The lowest BCUT2D eigenvalue weighted by Crippen LogP contribution is -2.39. The highest BCUT2D eigenvalue weighted by atomic mass is 32.2. The van der Waals surface area contributed by atoms with Crippen LogP contribution in [0.3, 0.4) is 0 Å². The molecule has 1 amide bonds. The van der Waals surface area contributed by atoms with Crippen LogP contribution in [0.2, 0.25) is 0 Å². The molecular formula is C28H27FN4O3S. The lowest BCUT2D eigenvalue weighted by atomic mass is 10.2. The molecule has 0 aliphatic rings. The molecule has 0 saturated carbocycles. The standard InChI is InChI=1S/C28H27FN4O3S/c1-20-10-9-11-24(16-20)32(37(35,36)25-12-5-4-6-13-25)19-28(34)31-30-18-23-17-21(2)33(22(23)3)27-15-8-7-14-26(27)29/h4-18H,19H2,1-3H3,(H,31,34)/b30-18-. The van der Waals surface area contributed by atoms with Gasteiger partial charge in [0.05, 0.1) is 22.5 Å². The Labute approximate surface area is 215 Å². The molecule has 1 N–H and O–H groups in total. The van der Waals surface area contributed by atoms with Gasteiger partial charge in [-0.15, -0.1) is 0 Å². The van der Waals surface area contributed by atoms with E-state index >= 15 is 0 Å². The van der Waals surface area contributed by atoms with E-state index in [1.165, 1.54) is 24.4 Å². The number of hydrogen-bond acceptors (Lipinski definition) is 4. The van der Waals surface area contributed by atoms with Crippen molar-refractivity contribution in [3.05, 3.63) is 113 Å². The van der Waals surface area contributed by atoms with E-state index in [0.717, 1.165) is 21.3 Å². The molecule has 0 atom stereocenters. The van der Waals surface area contributed by atoms with Gasteiger partial charge in [0.15, 0.2) is 0 Å². The summed E-state index contributed by atoms with van der Waals surface area (Å²) in [5.74, 6) is -0.961. The zero-order chi connectivity index (χ0) is 26.6. The number of nitrogens with zero attached hydrogens (tertiary/aromatic N) is 3. The highest BCUT2D eigenvalue weighted by Crippen LogP contribution is 2.25. The first kappa shape index (κ1) is 25.8. The van der Waals surface area contributed by atoms with Gasteiger partial charge in [-0.2, -0.15) is 5.10 Å². The second-order valence-corrected chi connectivity index (χ2v) is 10.4. The largest absolute Gasteiger partial charge is 0.315 e. The van der Waals surface area contributed by atoms with Gasteiger partial charge in [0.25, 0.3) is 15.9 Å². The Hall–Kier alpha value is -4.24. The van der Waals surface area contributed by atoms with Crippen LogP contribution in [-0.4, -0.2) is 31.7 Å².